The van der Waals surface area contributed by atoms with Gasteiger partial charge in [-0.1, -0.05) is 170 Å². The highest BCUT2D eigenvalue weighted by atomic mass is 15.0. The molecule has 2 aromatic heterocycles. The summed E-state index contributed by atoms with van der Waals surface area (Å²) in [6, 6.07) is 67.2. The first-order chi connectivity index (χ1) is 27.7. The molecular formula is C50H32N6. The molecule has 6 heteroatoms. The first-order valence-corrected chi connectivity index (χ1v) is 18.3. The molecule has 0 aliphatic heterocycles. The molecule has 0 unspecified atom stereocenters. The third kappa shape index (κ3) is 7.08. The van der Waals surface area contributed by atoms with Crippen molar-refractivity contribution >= 4 is 0 Å². The SMILES string of the molecule is N#Cc1ccccc1-c1nc(-c2ccccc2)nc(-c2ccc(-c3ccc(-c4cc(-c5ccccc5)nc(-c5cccc(-c6ccccc6)c5)n4)cc3)cc2)n1. The largest absolute Gasteiger partial charge is 0.228 e. The van der Waals surface area contributed by atoms with Crippen LogP contribution in [0.3, 0.4) is 0 Å². The van der Waals surface area contributed by atoms with Gasteiger partial charge in [0.2, 0.25) is 0 Å². The molecule has 9 aromatic rings. The van der Waals surface area contributed by atoms with Crippen molar-refractivity contribution in [2.45, 2.75) is 0 Å². The van der Waals surface area contributed by atoms with Gasteiger partial charge in [-0.25, -0.2) is 24.9 Å². The van der Waals surface area contributed by atoms with Gasteiger partial charge in [-0.15, -0.1) is 0 Å². The van der Waals surface area contributed by atoms with Crippen LogP contribution in [0.15, 0.2) is 194 Å². The molecule has 0 aliphatic carbocycles. The van der Waals surface area contributed by atoms with E-state index in [1.54, 1.807) is 6.07 Å². The minimum atomic E-state index is 0.456. The van der Waals surface area contributed by atoms with Gasteiger partial charge in [-0.05, 0) is 46.5 Å². The van der Waals surface area contributed by atoms with Crippen LogP contribution < -0.4 is 0 Å². The molecule has 56 heavy (non-hydrogen) atoms. The fraction of sp³-hybridized carbons (Fsp3) is 0. The zero-order chi connectivity index (χ0) is 37.7. The lowest BCUT2D eigenvalue weighted by Gasteiger charge is -2.11. The van der Waals surface area contributed by atoms with Crippen molar-refractivity contribution in [2.24, 2.45) is 0 Å². The van der Waals surface area contributed by atoms with Crippen LogP contribution in [0.25, 0.3) is 90.3 Å². The Morgan fingerprint density at radius 3 is 1.29 bits per heavy atom. The number of hydrogen-bond donors (Lipinski definition) is 0. The number of nitrogens with zero attached hydrogens (tertiary/aromatic N) is 6. The summed E-state index contributed by atoms with van der Waals surface area (Å²) in [5.74, 6) is 2.21. The third-order valence-electron chi connectivity index (χ3n) is 9.64. The van der Waals surface area contributed by atoms with Crippen LogP contribution in [0.4, 0.5) is 0 Å². The molecule has 0 atom stereocenters. The first-order valence-electron chi connectivity index (χ1n) is 18.3. The van der Waals surface area contributed by atoms with E-state index in [2.05, 4.69) is 109 Å². The highest BCUT2D eigenvalue weighted by Crippen LogP contribution is 2.32. The maximum atomic E-state index is 9.81. The lowest BCUT2D eigenvalue weighted by Crippen LogP contribution is -2.01. The van der Waals surface area contributed by atoms with Gasteiger partial charge in [0.15, 0.2) is 23.3 Å². The number of nitriles is 1. The summed E-state index contributed by atoms with van der Waals surface area (Å²) in [5, 5.41) is 9.81. The second-order valence-electron chi connectivity index (χ2n) is 13.3. The average molecular weight is 717 g/mol. The van der Waals surface area contributed by atoms with Crippen LogP contribution in [0, 0.1) is 11.3 Å². The Morgan fingerprint density at radius 1 is 0.286 bits per heavy atom. The zero-order valence-electron chi connectivity index (χ0n) is 30.2. The molecular weight excluding hydrogens is 685 g/mol. The Hall–Kier alpha value is -7.88. The Labute approximate surface area is 325 Å². The highest BCUT2D eigenvalue weighted by Gasteiger charge is 2.16. The van der Waals surface area contributed by atoms with Gasteiger partial charge >= 0.3 is 0 Å². The molecule has 7 aromatic carbocycles. The summed E-state index contributed by atoms with van der Waals surface area (Å²) in [5.41, 5.74) is 12.0. The van der Waals surface area contributed by atoms with E-state index in [1.807, 2.05) is 84.9 Å². The molecule has 0 saturated heterocycles. The molecule has 2 heterocycles. The van der Waals surface area contributed by atoms with E-state index in [0.29, 0.717) is 34.4 Å². The van der Waals surface area contributed by atoms with Gasteiger partial charge in [0.25, 0.3) is 0 Å². The number of rotatable bonds is 8. The predicted molar refractivity (Wildman–Crippen MR) is 224 cm³/mol. The number of benzene rings is 7. The first kappa shape index (κ1) is 33.9. The molecule has 262 valence electrons. The Bertz CT molecular complexity index is 2830. The van der Waals surface area contributed by atoms with E-state index in [4.69, 9.17) is 24.9 Å². The maximum Gasteiger partial charge on any atom is 0.165 e. The lowest BCUT2D eigenvalue weighted by atomic mass is 10.00. The quantitative estimate of drug-likeness (QED) is 0.156. The summed E-state index contributed by atoms with van der Waals surface area (Å²) in [4.78, 5) is 24.6. The van der Waals surface area contributed by atoms with Crippen LogP contribution in [0.1, 0.15) is 5.56 Å². The third-order valence-corrected chi connectivity index (χ3v) is 9.64. The molecule has 0 N–H and O–H groups in total. The maximum absolute atomic E-state index is 9.81. The number of aromatic nitrogens is 5. The van der Waals surface area contributed by atoms with Crippen molar-refractivity contribution in [1.29, 1.82) is 5.26 Å². The highest BCUT2D eigenvalue weighted by molar-refractivity contribution is 5.77. The summed E-state index contributed by atoms with van der Waals surface area (Å²) in [7, 11) is 0. The van der Waals surface area contributed by atoms with Crippen LogP contribution >= 0.6 is 0 Å². The van der Waals surface area contributed by atoms with Crippen LogP contribution in [-0.4, -0.2) is 24.9 Å². The minimum Gasteiger partial charge on any atom is -0.228 e. The molecule has 0 radical (unpaired) electrons. The van der Waals surface area contributed by atoms with Gasteiger partial charge in [0.05, 0.1) is 23.0 Å². The summed E-state index contributed by atoms with van der Waals surface area (Å²) in [6.07, 6.45) is 0. The van der Waals surface area contributed by atoms with Crippen LogP contribution in [-0.2, 0) is 0 Å². The topological polar surface area (TPSA) is 88.2 Å². The zero-order valence-corrected chi connectivity index (χ0v) is 30.2. The van der Waals surface area contributed by atoms with Crippen molar-refractivity contribution in [2.75, 3.05) is 0 Å². The Balaban J connectivity index is 1.04. The second kappa shape index (κ2) is 15.2. The molecule has 0 bridgehead atoms. The second-order valence-corrected chi connectivity index (χ2v) is 13.3. The number of hydrogen-bond acceptors (Lipinski definition) is 6. The Morgan fingerprint density at radius 2 is 0.679 bits per heavy atom. The van der Waals surface area contributed by atoms with E-state index >= 15 is 0 Å². The van der Waals surface area contributed by atoms with Gasteiger partial charge < -0.3 is 0 Å². The monoisotopic (exact) mass is 716 g/mol. The summed E-state index contributed by atoms with van der Waals surface area (Å²) >= 11 is 0. The molecule has 0 saturated carbocycles. The fourth-order valence-corrected chi connectivity index (χ4v) is 6.71. The molecule has 9 rings (SSSR count). The molecule has 0 spiro atoms. The lowest BCUT2D eigenvalue weighted by molar-refractivity contribution is 1.07. The predicted octanol–water partition coefficient (Wildman–Crippen LogP) is 11.9. The minimum absolute atomic E-state index is 0.456. The van der Waals surface area contributed by atoms with Crippen molar-refractivity contribution in [3.05, 3.63) is 200 Å². The smallest absolute Gasteiger partial charge is 0.165 e. The standard InChI is InChI=1S/C50H32N6/c51-33-43-19-10-11-22-44(43)50-55-47(39-17-8-3-9-18-39)54-48(56-50)40-29-25-36(26-30-40)35-23-27-38(28-24-35)46-32-45(37-15-6-2-7-16-37)52-49(53-46)42-21-12-20-41(31-42)34-13-4-1-5-14-34/h1-32H. The van der Waals surface area contributed by atoms with E-state index in [9.17, 15) is 5.26 Å². The summed E-state index contributed by atoms with van der Waals surface area (Å²) in [6.45, 7) is 0. The van der Waals surface area contributed by atoms with Crippen LogP contribution in [0.2, 0.25) is 0 Å². The average Bonchev–Trinajstić information content (AvgIpc) is 3.29. The van der Waals surface area contributed by atoms with Gasteiger partial charge in [0.1, 0.15) is 0 Å². The van der Waals surface area contributed by atoms with E-state index < -0.39 is 0 Å². The fourth-order valence-electron chi connectivity index (χ4n) is 6.71. The Kier molecular flexibility index (Phi) is 9.23. The van der Waals surface area contributed by atoms with E-state index in [1.165, 1.54) is 0 Å². The van der Waals surface area contributed by atoms with E-state index in [-0.39, 0.29) is 0 Å². The molecule has 0 amide bonds. The van der Waals surface area contributed by atoms with Gasteiger partial charge in [0, 0.05) is 33.4 Å². The van der Waals surface area contributed by atoms with E-state index in [0.717, 1.165) is 61.5 Å². The molecule has 0 aliphatic rings. The molecule has 0 fully saturated rings. The van der Waals surface area contributed by atoms with Crippen molar-refractivity contribution in [3.63, 3.8) is 0 Å². The van der Waals surface area contributed by atoms with Crippen molar-refractivity contribution in [1.82, 2.24) is 24.9 Å². The van der Waals surface area contributed by atoms with Crippen LogP contribution in [0.5, 0.6) is 0 Å². The van der Waals surface area contributed by atoms with Crippen molar-refractivity contribution in [3.8, 4) is 96.4 Å². The van der Waals surface area contributed by atoms with Crippen molar-refractivity contribution < 1.29 is 0 Å². The molecule has 6 nitrogen and oxygen atoms in total. The van der Waals surface area contributed by atoms with Gasteiger partial charge in [-0.3, -0.25) is 0 Å². The van der Waals surface area contributed by atoms with Gasteiger partial charge in [-0.2, -0.15) is 5.26 Å². The summed E-state index contributed by atoms with van der Waals surface area (Å²) < 4.78 is 0. The normalized spacial score (nSPS) is 10.8.